The maximum absolute atomic E-state index is 12.9. The van der Waals surface area contributed by atoms with Crippen LogP contribution in [-0.4, -0.2) is 72.1 Å². The minimum atomic E-state index is -3.65. The van der Waals surface area contributed by atoms with E-state index in [1.807, 2.05) is 18.7 Å². The zero-order valence-electron chi connectivity index (χ0n) is 14.3. The number of carbonyl (C=O) groups excluding carboxylic acids is 1. The lowest BCUT2D eigenvalue weighted by Gasteiger charge is -2.41. The van der Waals surface area contributed by atoms with E-state index in [1.54, 1.807) is 21.0 Å². The molecular weight excluding hydrogens is 318 g/mol. The van der Waals surface area contributed by atoms with E-state index in [-0.39, 0.29) is 23.4 Å². The third-order valence-electron chi connectivity index (χ3n) is 4.18. The fourth-order valence-corrected chi connectivity index (χ4v) is 4.62. The van der Waals surface area contributed by atoms with E-state index in [2.05, 4.69) is 10.4 Å². The standard InChI is InChI=1S/C14H25N5O3S/c1-10(2)19-7-6-18(8-12(19)14(20)15-4)23(21,22)13-9-17(5)16-11(13)3/h9-10,12H,6-8H2,1-5H3,(H,15,20)/t12-/m0/s1. The molecule has 1 fully saturated rings. The molecular formula is C14H25N5O3S. The second kappa shape index (κ2) is 6.58. The number of rotatable bonds is 4. The number of nitrogens with one attached hydrogen (secondary N) is 1. The van der Waals surface area contributed by atoms with Gasteiger partial charge in [-0.2, -0.15) is 9.40 Å². The van der Waals surface area contributed by atoms with E-state index in [0.717, 1.165) is 0 Å². The second-order valence-corrected chi connectivity index (χ2v) is 7.98. The van der Waals surface area contributed by atoms with Crippen LogP contribution in [0.4, 0.5) is 0 Å². The highest BCUT2D eigenvalue weighted by atomic mass is 32.2. The number of likely N-dealkylation sites (N-methyl/N-ethyl adjacent to an activating group) is 1. The minimum Gasteiger partial charge on any atom is -0.358 e. The van der Waals surface area contributed by atoms with Gasteiger partial charge in [0.2, 0.25) is 15.9 Å². The lowest BCUT2D eigenvalue weighted by atomic mass is 10.1. The molecule has 0 unspecified atom stereocenters. The van der Waals surface area contributed by atoms with Gasteiger partial charge in [-0.25, -0.2) is 8.42 Å². The van der Waals surface area contributed by atoms with Crippen molar-refractivity contribution in [3.8, 4) is 0 Å². The van der Waals surface area contributed by atoms with Crippen LogP contribution >= 0.6 is 0 Å². The molecule has 1 aliphatic heterocycles. The van der Waals surface area contributed by atoms with E-state index in [1.165, 1.54) is 15.2 Å². The molecule has 8 nitrogen and oxygen atoms in total. The van der Waals surface area contributed by atoms with Crippen LogP contribution in [0.2, 0.25) is 0 Å². The lowest BCUT2D eigenvalue weighted by molar-refractivity contribution is -0.128. The number of piperazine rings is 1. The van der Waals surface area contributed by atoms with E-state index >= 15 is 0 Å². The molecule has 1 N–H and O–H groups in total. The van der Waals surface area contributed by atoms with E-state index in [0.29, 0.717) is 18.8 Å². The quantitative estimate of drug-likeness (QED) is 0.801. The molecule has 1 aromatic rings. The molecule has 23 heavy (non-hydrogen) atoms. The number of aryl methyl sites for hydroxylation is 2. The van der Waals surface area contributed by atoms with Gasteiger partial charge in [-0.1, -0.05) is 0 Å². The average molecular weight is 343 g/mol. The largest absolute Gasteiger partial charge is 0.358 e. The Morgan fingerprint density at radius 1 is 1.39 bits per heavy atom. The normalized spacial score (nSPS) is 20.9. The van der Waals surface area contributed by atoms with Crippen molar-refractivity contribution in [2.75, 3.05) is 26.7 Å². The van der Waals surface area contributed by atoms with Gasteiger partial charge in [0, 0.05) is 46.0 Å². The summed E-state index contributed by atoms with van der Waals surface area (Å²) in [4.78, 5) is 14.4. The average Bonchev–Trinajstić information content (AvgIpc) is 2.85. The Balaban J connectivity index is 2.31. The first-order chi connectivity index (χ1) is 10.7. The smallest absolute Gasteiger partial charge is 0.246 e. The molecule has 1 atom stereocenters. The molecule has 0 radical (unpaired) electrons. The van der Waals surface area contributed by atoms with Gasteiger partial charge < -0.3 is 5.32 Å². The Kier molecular flexibility index (Phi) is 5.12. The van der Waals surface area contributed by atoms with Gasteiger partial charge in [-0.3, -0.25) is 14.4 Å². The Labute approximate surface area is 137 Å². The molecule has 0 aromatic carbocycles. The third kappa shape index (κ3) is 3.41. The summed E-state index contributed by atoms with van der Waals surface area (Å²) in [7, 11) is -0.393. The number of carbonyl (C=O) groups is 1. The lowest BCUT2D eigenvalue weighted by Crippen LogP contribution is -2.61. The van der Waals surface area contributed by atoms with E-state index in [9.17, 15) is 13.2 Å². The van der Waals surface area contributed by atoms with Gasteiger partial charge in [0.15, 0.2) is 0 Å². The Morgan fingerprint density at radius 3 is 2.52 bits per heavy atom. The first-order valence-electron chi connectivity index (χ1n) is 7.66. The molecule has 2 heterocycles. The molecule has 9 heteroatoms. The van der Waals surface area contributed by atoms with E-state index < -0.39 is 16.1 Å². The first-order valence-corrected chi connectivity index (χ1v) is 9.10. The molecule has 1 saturated heterocycles. The van der Waals surface area contributed by atoms with Crippen LogP contribution < -0.4 is 5.32 Å². The Hall–Kier alpha value is -1.45. The van der Waals surface area contributed by atoms with Crippen LogP contribution in [-0.2, 0) is 21.9 Å². The van der Waals surface area contributed by atoms with Gasteiger partial charge in [-0.15, -0.1) is 0 Å². The summed E-state index contributed by atoms with van der Waals surface area (Å²) >= 11 is 0. The van der Waals surface area contributed by atoms with Gasteiger partial charge in [-0.05, 0) is 20.8 Å². The summed E-state index contributed by atoms with van der Waals surface area (Å²) in [6, 6.07) is -0.317. The van der Waals surface area contributed by atoms with Crippen LogP contribution in [0.25, 0.3) is 0 Å². The molecule has 1 aromatic heterocycles. The van der Waals surface area contributed by atoms with Gasteiger partial charge in [0.1, 0.15) is 10.9 Å². The van der Waals surface area contributed by atoms with Crippen molar-refractivity contribution in [2.24, 2.45) is 7.05 Å². The van der Waals surface area contributed by atoms with Crippen molar-refractivity contribution >= 4 is 15.9 Å². The molecule has 1 amide bonds. The summed E-state index contributed by atoms with van der Waals surface area (Å²) in [6.07, 6.45) is 1.51. The van der Waals surface area contributed by atoms with Gasteiger partial charge in [0.25, 0.3) is 0 Å². The molecule has 0 bridgehead atoms. The fourth-order valence-electron chi connectivity index (χ4n) is 2.98. The predicted molar refractivity (Wildman–Crippen MR) is 86.4 cm³/mol. The zero-order valence-corrected chi connectivity index (χ0v) is 15.1. The van der Waals surface area contributed by atoms with Crippen LogP contribution in [0.15, 0.2) is 11.1 Å². The van der Waals surface area contributed by atoms with Crippen LogP contribution in [0, 0.1) is 6.92 Å². The third-order valence-corrected chi connectivity index (χ3v) is 6.15. The monoisotopic (exact) mass is 343 g/mol. The molecule has 2 rings (SSSR count). The van der Waals surface area contributed by atoms with Crippen LogP contribution in [0.5, 0.6) is 0 Å². The van der Waals surface area contributed by atoms with Crippen molar-refractivity contribution in [3.05, 3.63) is 11.9 Å². The molecule has 1 aliphatic rings. The second-order valence-electron chi connectivity index (χ2n) is 6.08. The maximum Gasteiger partial charge on any atom is 0.246 e. The number of nitrogens with zero attached hydrogens (tertiary/aromatic N) is 4. The van der Waals surface area contributed by atoms with Crippen molar-refractivity contribution in [1.29, 1.82) is 0 Å². The van der Waals surface area contributed by atoms with Gasteiger partial charge in [0.05, 0.1) is 5.69 Å². The van der Waals surface area contributed by atoms with Crippen molar-refractivity contribution in [2.45, 2.75) is 37.8 Å². The van der Waals surface area contributed by atoms with Gasteiger partial charge >= 0.3 is 0 Å². The minimum absolute atomic E-state index is 0.147. The summed E-state index contributed by atoms with van der Waals surface area (Å²) in [5, 5.41) is 6.74. The Morgan fingerprint density at radius 2 is 2.04 bits per heavy atom. The number of hydrogen-bond donors (Lipinski definition) is 1. The van der Waals surface area contributed by atoms with Crippen molar-refractivity contribution < 1.29 is 13.2 Å². The predicted octanol–water partition coefficient (Wildman–Crippen LogP) is -0.442. The number of aromatic nitrogens is 2. The number of amides is 1. The number of sulfonamides is 1. The topological polar surface area (TPSA) is 87.5 Å². The summed E-state index contributed by atoms with van der Waals surface area (Å²) in [5.41, 5.74) is 0.468. The van der Waals surface area contributed by atoms with Crippen molar-refractivity contribution in [1.82, 2.24) is 24.3 Å². The van der Waals surface area contributed by atoms with Crippen LogP contribution in [0.3, 0.4) is 0 Å². The molecule has 0 spiro atoms. The fraction of sp³-hybridized carbons (Fsp3) is 0.714. The summed E-state index contributed by atoms with van der Waals surface area (Å²) in [5.74, 6) is -0.165. The van der Waals surface area contributed by atoms with Crippen molar-refractivity contribution in [3.63, 3.8) is 0 Å². The molecule has 0 aliphatic carbocycles. The molecule has 130 valence electrons. The summed E-state index contributed by atoms with van der Waals surface area (Å²) in [6.45, 7) is 6.72. The SMILES string of the molecule is CNC(=O)[C@@H]1CN(S(=O)(=O)c2cn(C)nc2C)CCN1C(C)C. The highest BCUT2D eigenvalue weighted by molar-refractivity contribution is 7.89. The van der Waals surface area contributed by atoms with Crippen LogP contribution in [0.1, 0.15) is 19.5 Å². The molecule has 0 saturated carbocycles. The highest BCUT2D eigenvalue weighted by Gasteiger charge is 2.39. The summed E-state index contributed by atoms with van der Waals surface area (Å²) < 4.78 is 28.6. The number of hydrogen-bond acceptors (Lipinski definition) is 5. The zero-order chi connectivity index (χ0) is 17.4. The Bertz CT molecular complexity index is 683. The maximum atomic E-state index is 12.9. The first kappa shape index (κ1) is 17.9. The van der Waals surface area contributed by atoms with E-state index in [4.69, 9.17) is 0 Å². The highest BCUT2D eigenvalue weighted by Crippen LogP contribution is 2.23.